The lowest BCUT2D eigenvalue weighted by Gasteiger charge is -2.48. The van der Waals surface area contributed by atoms with Gasteiger partial charge in [0.25, 0.3) is 0 Å². The largest absolute Gasteiger partial charge is 0.140 e. The molecule has 0 radical (unpaired) electrons. The Bertz CT molecular complexity index is 1770. The zero-order valence-electron chi connectivity index (χ0n) is 22.7. The van der Waals surface area contributed by atoms with Crippen LogP contribution in [0.3, 0.4) is 0 Å². The summed E-state index contributed by atoms with van der Waals surface area (Å²) in [5, 5.41) is 2.89. The Morgan fingerprint density at radius 2 is 1.13 bits per heavy atom. The van der Waals surface area contributed by atoms with Gasteiger partial charge < -0.3 is 0 Å². The van der Waals surface area contributed by atoms with E-state index in [0.717, 1.165) is 0 Å². The molecule has 38 heavy (non-hydrogen) atoms. The van der Waals surface area contributed by atoms with Gasteiger partial charge in [0.1, 0.15) is 0 Å². The van der Waals surface area contributed by atoms with Gasteiger partial charge in [-0.15, -0.1) is 11.3 Å². The lowest BCUT2D eigenvalue weighted by molar-refractivity contribution is 0.459. The lowest BCUT2D eigenvalue weighted by Crippen LogP contribution is -2.42. The molecule has 1 heteroatoms. The summed E-state index contributed by atoms with van der Waals surface area (Å²) >= 11 is 2.02. The van der Waals surface area contributed by atoms with Gasteiger partial charge in [0.2, 0.25) is 0 Å². The molecular formula is C37H34S. The Balaban J connectivity index is 1.67. The molecule has 0 unspecified atom stereocenters. The van der Waals surface area contributed by atoms with Gasteiger partial charge in [0, 0.05) is 26.1 Å². The normalized spacial score (nSPS) is 21.3. The Morgan fingerprint density at radius 1 is 0.605 bits per heavy atom. The molecule has 0 saturated heterocycles. The highest BCUT2D eigenvalue weighted by atomic mass is 32.1. The maximum absolute atomic E-state index is 2.55. The van der Waals surface area contributed by atoms with Crippen molar-refractivity contribution < 1.29 is 0 Å². The summed E-state index contributed by atoms with van der Waals surface area (Å²) in [6.45, 7) is 7.01. The molecule has 3 aliphatic rings. The first-order valence-electron chi connectivity index (χ1n) is 14.6. The SMILES string of the molecule is CCCC[C@@]12c3ccccc3-c3c1c1c(c4ccccc34)-c3sc(C)cc3[C@]1(CCCC)c1ccccc12. The van der Waals surface area contributed by atoms with E-state index >= 15 is 0 Å². The highest BCUT2D eigenvalue weighted by molar-refractivity contribution is 7.16. The second kappa shape index (κ2) is 7.93. The van der Waals surface area contributed by atoms with Gasteiger partial charge in [-0.2, -0.15) is 0 Å². The van der Waals surface area contributed by atoms with Crippen molar-refractivity contribution in [3.63, 3.8) is 0 Å². The molecule has 188 valence electrons. The first kappa shape index (κ1) is 22.8. The molecule has 3 aliphatic carbocycles. The van der Waals surface area contributed by atoms with Crippen LogP contribution >= 0.6 is 11.3 Å². The number of rotatable bonds is 6. The average Bonchev–Trinajstić information content (AvgIpc) is 3.57. The second-order valence-corrected chi connectivity index (χ2v) is 13.0. The maximum atomic E-state index is 2.55. The first-order chi connectivity index (χ1) is 18.7. The van der Waals surface area contributed by atoms with E-state index in [1.54, 1.807) is 33.4 Å². The number of unbranched alkanes of at least 4 members (excludes halogenated alkanes) is 2. The Kier molecular flexibility index (Phi) is 4.76. The third-order valence-electron chi connectivity index (χ3n) is 9.92. The predicted octanol–water partition coefficient (Wildman–Crippen LogP) is 10.5. The number of thiophene rings is 1. The number of hydrogen-bond acceptors (Lipinski definition) is 1. The van der Waals surface area contributed by atoms with Crippen LogP contribution in [0, 0.1) is 6.92 Å². The van der Waals surface area contributed by atoms with Gasteiger partial charge in [0.15, 0.2) is 0 Å². The molecule has 0 N–H and O–H groups in total. The van der Waals surface area contributed by atoms with E-state index in [0.29, 0.717) is 0 Å². The van der Waals surface area contributed by atoms with E-state index in [4.69, 9.17) is 0 Å². The van der Waals surface area contributed by atoms with Gasteiger partial charge in [-0.3, -0.25) is 0 Å². The fourth-order valence-corrected chi connectivity index (χ4v) is 9.78. The third-order valence-corrected chi connectivity index (χ3v) is 11.0. The zero-order chi connectivity index (χ0) is 25.6. The number of benzene rings is 4. The summed E-state index contributed by atoms with van der Waals surface area (Å²) in [4.78, 5) is 2.97. The van der Waals surface area contributed by atoms with Gasteiger partial charge >= 0.3 is 0 Å². The molecule has 5 aromatic rings. The van der Waals surface area contributed by atoms with Crippen LogP contribution in [-0.2, 0) is 10.8 Å². The average molecular weight is 511 g/mol. The van der Waals surface area contributed by atoms with Crippen LogP contribution in [0.5, 0.6) is 0 Å². The number of aryl methyl sites for hydroxylation is 1. The molecule has 2 atom stereocenters. The molecule has 4 aromatic carbocycles. The van der Waals surface area contributed by atoms with E-state index in [2.05, 4.69) is 99.6 Å². The van der Waals surface area contributed by atoms with Crippen molar-refractivity contribution in [2.45, 2.75) is 70.1 Å². The van der Waals surface area contributed by atoms with E-state index in [1.165, 1.54) is 75.7 Å². The topological polar surface area (TPSA) is 0 Å². The fourth-order valence-electron chi connectivity index (χ4n) is 8.63. The Labute approximate surface area is 230 Å². The molecule has 1 aromatic heterocycles. The van der Waals surface area contributed by atoms with Gasteiger partial charge in [-0.05, 0) is 81.1 Å². The summed E-state index contributed by atoms with van der Waals surface area (Å²) in [6, 6.07) is 30.9. The minimum atomic E-state index is -0.0778. The van der Waals surface area contributed by atoms with Crippen LogP contribution in [0.4, 0.5) is 0 Å². The van der Waals surface area contributed by atoms with Crippen molar-refractivity contribution in [3.05, 3.63) is 117 Å². The van der Waals surface area contributed by atoms with Crippen LogP contribution in [-0.4, -0.2) is 0 Å². The van der Waals surface area contributed by atoms with Gasteiger partial charge in [0.05, 0.1) is 0 Å². The molecule has 1 heterocycles. The molecule has 8 rings (SSSR count). The fraction of sp³-hybridized carbons (Fsp3) is 0.297. The molecule has 0 spiro atoms. The monoisotopic (exact) mass is 510 g/mol. The van der Waals surface area contributed by atoms with Crippen molar-refractivity contribution in [1.29, 1.82) is 0 Å². The Morgan fingerprint density at radius 3 is 1.79 bits per heavy atom. The maximum Gasteiger partial charge on any atom is 0.0479 e. The summed E-state index contributed by atoms with van der Waals surface area (Å²) in [6.07, 6.45) is 7.25. The van der Waals surface area contributed by atoms with Crippen molar-refractivity contribution in [2.75, 3.05) is 0 Å². The highest BCUT2D eigenvalue weighted by Crippen LogP contribution is 2.71. The molecule has 0 fully saturated rings. The Hall–Kier alpha value is -3.16. The minimum Gasteiger partial charge on any atom is -0.140 e. The predicted molar refractivity (Wildman–Crippen MR) is 163 cm³/mol. The van der Waals surface area contributed by atoms with Crippen molar-refractivity contribution in [1.82, 2.24) is 0 Å². The first-order valence-corrected chi connectivity index (χ1v) is 15.4. The van der Waals surface area contributed by atoms with Gasteiger partial charge in [-0.1, -0.05) is 112 Å². The number of fused-ring (bicyclic) bond motifs is 12. The molecular weight excluding hydrogens is 476 g/mol. The van der Waals surface area contributed by atoms with Crippen molar-refractivity contribution in [2.24, 2.45) is 0 Å². The standard InChI is InChI=1S/C37H34S/c1-4-6-20-36-27-17-11-10-16-26(27)31-24-14-8-9-15-25(24)32-34(33(31)36)37(21-7-5-2,29-19-13-12-18-28(29)36)30-22-23(3)38-35(30)32/h8-19,22H,4-7,20-21H2,1-3H3/t36-,37-/m0/s1. The number of hydrogen-bond donors (Lipinski definition) is 0. The van der Waals surface area contributed by atoms with E-state index in [9.17, 15) is 0 Å². The van der Waals surface area contributed by atoms with Crippen molar-refractivity contribution >= 4 is 22.1 Å². The molecule has 0 bridgehead atoms. The van der Waals surface area contributed by atoms with Crippen LogP contribution in [0.15, 0.2) is 78.9 Å². The zero-order valence-corrected chi connectivity index (χ0v) is 23.5. The summed E-state index contributed by atoms with van der Waals surface area (Å²) < 4.78 is 0. The van der Waals surface area contributed by atoms with E-state index in [1.807, 2.05) is 11.3 Å². The molecule has 0 amide bonds. The van der Waals surface area contributed by atoms with Crippen LogP contribution < -0.4 is 0 Å². The summed E-state index contributed by atoms with van der Waals surface area (Å²) in [5.41, 5.74) is 14.0. The molecule has 0 aliphatic heterocycles. The molecule has 0 nitrogen and oxygen atoms in total. The van der Waals surface area contributed by atoms with Crippen LogP contribution in [0.1, 0.15) is 90.6 Å². The smallest absolute Gasteiger partial charge is 0.0479 e. The lowest BCUT2D eigenvalue weighted by atomic mass is 9.54. The third kappa shape index (κ3) is 2.48. The van der Waals surface area contributed by atoms with Crippen LogP contribution in [0.2, 0.25) is 0 Å². The van der Waals surface area contributed by atoms with Crippen molar-refractivity contribution in [3.8, 4) is 21.6 Å². The second-order valence-electron chi connectivity index (χ2n) is 11.8. The van der Waals surface area contributed by atoms with E-state index in [-0.39, 0.29) is 10.8 Å². The molecule has 0 saturated carbocycles. The quantitative estimate of drug-likeness (QED) is 0.213. The minimum absolute atomic E-state index is 0.0616. The van der Waals surface area contributed by atoms with E-state index < -0.39 is 0 Å². The highest BCUT2D eigenvalue weighted by Gasteiger charge is 2.60. The summed E-state index contributed by atoms with van der Waals surface area (Å²) in [5.74, 6) is 0. The summed E-state index contributed by atoms with van der Waals surface area (Å²) in [7, 11) is 0. The van der Waals surface area contributed by atoms with Crippen LogP contribution in [0.25, 0.3) is 32.3 Å². The van der Waals surface area contributed by atoms with Gasteiger partial charge in [-0.25, -0.2) is 0 Å².